The SMILES string of the molecule is COc1ccc(S(=O)(=O)Nc2c(F)cccc2F)cc1NC(=O)c1ccccc1F. The average molecular weight is 436 g/mol. The van der Waals surface area contributed by atoms with Gasteiger partial charge in [-0.15, -0.1) is 0 Å². The second-order valence-corrected chi connectivity index (χ2v) is 7.68. The molecule has 0 atom stereocenters. The standard InChI is InChI=1S/C20H15F3N2O4S/c1-29-18-10-9-12(30(27,28)25-19-15(22)7-4-8-16(19)23)11-17(18)24-20(26)13-5-2-3-6-14(13)21/h2-11,25H,1H3,(H,24,26). The number of nitrogens with one attached hydrogen (secondary N) is 2. The van der Waals surface area contributed by atoms with Crippen LogP contribution in [0.25, 0.3) is 0 Å². The van der Waals surface area contributed by atoms with Gasteiger partial charge in [-0.1, -0.05) is 18.2 Å². The topological polar surface area (TPSA) is 84.5 Å². The van der Waals surface area contributed by atoms with Crippen molar-refractivity contribution in [2.75, 3.05) is 17.1 Å². The maximum atomic E-state index is 13.8. The van der Waals surface area contributed by atoms with E-state index in [0.717, 1.165) is 36.4 Å². The van der Waals surface area contributed by atoms with E-state index in [0.29, 0.717) is 0 Å². The molecule has 0 heterocycles. The summed E-state index contributed by atoms with van der Waals surface area (Å²) in [5.41, 5.74) is -1.19. The van der Waals surface area contributed by atoms with Crippen LogP contribution in [0.1, 0.15) is 10.4 Å². The zero-order valence-electron chi connectivity index (χ0n) is 15.4. The van der Waals surface area contributed by atoms with Crippen LogP contribution in [0.4, 0.5) is 24.5 Å². The Morgan fingerprint density at radius 1 is 0.900 bits per heavy atom. The Hall–Kier alpha value is -3.53. The van der Waals surface area contributed by atoms with Gasteiger partial charge in [-0.05, 0) is 42.5 Å². The number of methoxy groups -OCH3 is 1. The Morgan fingerprint density at radius 3 is 2.17 bits per heavy atom. The number of hydrogen-bond donors (Lipinski definition) is 2. The van der Waals surface area contributed by atoms with Gasteiger partial charge in [-0.25, -0.2) is 21.6 Å². The van der Waals surface area contributed by atoms with Crippen LogP contribution in [0.2, 0.25) is 0 Å². The summed E-state index contributed by atoms with van der Waals surface area (Å²) in [4.78, 5) is 12.0. The summed E-state index contributed by atoms with van der Waals surface area (Å²) < 4.78 is 73.6. The van der Waals surface area contributed by atoms with Crippen LogP contribution in [0.5, 0.6) is 5.75 Å². The molecule has 0 aliphatic carbocycles. The second kappa shape index (κ2) is 8.46. The van der Waals surface area contributed by atoms with Gasteiger partial charge in [-0.2, -0.15) is 0 Å². The number of para-hydroxylation sites is 1. The van der Waals surface area contributed by atoms with Crippen LogP contribution in [0.3, 0.4) is 0 Å². The lowest BCUT2D eigenvalue weighted by Crippen LogP contribution is -2.17. The van der Waals surface area contributed by atoms with Gasteiger partial charge >= 0.3 is 0 Å². The van der Waals surface area contributed by atoms with Gasteiger partial charge in [0, 0.05) is 0 Å². The Labute approximate surface area is 170 Å². The van der Waals surface area contributed by atoms with Crippen molar-refractivity contribution in [2.45, 2.75) is 4.90 Å². The van der Waals surface area contributed by atoms with Crippen LogP contribution in [-0.2, 0) is 10.0 Å². The summed E-state index contributed by atoms with van der Waals surface area (Å²) in [5, 5.41) is 2.37. The summed E-state index contributed by atoms with van der Waals surface area (Å²) in [7, 11) is -3.14. The van der Waals surface area contributed by atoms with Crippen LogP contribution in [-0.4, -0.2) is 21.4 Å². The molecule has 6 nitrogen and oxygen atoms in total. The third kappa shape index (κ3) is 4.38. The Morgan fingerprint density at radius 2 is 1.53 bits per heavy atom. The highest BCUT2D eigenvalue weighted by Crippen LogP contribution is 2.30. The van der Waals surface area contributed by atoms with Crippen molar-refractivity contribution in [3.05, 3.63) is 83.7 Å². The normalized spacial score (nSPS) is 11.1. The molecule has 0 radical (unpaired) electrons. The molecule has 0 saturated heterocycles. The van der Waals surface area contributed by atoms with Gasteiger partial charge in [0.05, 0.1) is 23.3 Å². The van der Waals surface area contributed by atoms with E-state index >= 15 is 0 Å². The summed E-state index contributed by atoms with van der Waals surface area (Å²) in [5.74, 6) is -3.71. The highest BCUT2D eigenvalue weighted by atomic mass is 32.2. The molecule has 0 spiro atoms. The molecule has 0 bridgehead atoms. The number of amides is 1. The monoisotopic (exact) mass is 436 g/mol. The van der Waals surface area contributed by atoms with Gasteiger partial charge in [-0.3, -0.25) is 9.52 Å². The fraction of sp³-hybridized carbons (Fsp3) is 0.0500. The summed E-state index contributed by atoms with van der Waals surface area (Å²) in [6.07, 6.45) is 0. The second-order valence-electron chi connectivity index (χ2n) is 6.00. The Bertz CT molecular complexity index is 1200. The largest absolute Gasteiger partial charge is 0.495 e. The van der Waals surface area contributed by atoms with Crippen LogP contribution < -0.4 is 14.8 Å². The lowest BCUT2D eigenvalue weighted by Gasteiger charge is -2.14. The van der Waals surface area contributed by atoms with Crippen molar-refractivity contribution in [1.29, 1.82) is 0 Å². The van der Waals surface area contributed by atoms with Gasteiger partial charge in [0.1, 0.15) is 28.9 Å². The van der Waals surface area contributed by atoms with Gasteiger partial charge in [0.25, 0.3) is 15.9 Å². The maximum absolute atomic E-state index is 13.8. The molecule has 1 amide bonds. The first-order chi connectivity index (χ1) is 14.2. The number of ether oxygens (including phenoxy) is 1. The van der Waals surface area contributed by atoms with E-state index in [4.69, 9.17) is 4.74 Å². The fourth-order valence-corrected chi connectivity index (χ4v) is 3.68. The molecule has 156 valence electrons. The number of benzene rings is 3. The highest BCUT2D eigenvalue weighted by Gasteiger charge is 2.22. The number of anilines is 2. The smallest absolute Gasteiger partial charge is 0.262 e. The van der Waals surface area contributed by atoms with Crippen LogP contribution in [0, 0.1) is 17.5 Å². The molecule has 10 heteroatoms. The first-order valence-electron chi connectivity index (χ1n) is 8.43. The summed E-state index contributed by atoms with van der Waals surface area (Å²) in [6, 6.07) is 11.5. The van der Waals surface area contributed by atoms with E-state index in [1.165, 1.54) is 31.4 Å². The number of halogens is 3. The minimum Gasteiger partial charge on any atom is -0.495 e. The van der Waals surface area contributed by atoms with Gasteiger partial charge in [0.15, 0.2) is 0 Å². The molecular weight excluding hydrogens is 421 g/mol. The van der Waals surface area contributed by atoms with Gasteiger partial charge in [0.2, 0.25) is 0 Å². The molecule has 0 aliphatic rings. The lowest BCUT2D eigenvalue weighted by molar-refractivity contribution is 0.102. The van der Waals surface area contributed by atoms with Crippen molar-refractivity contribution in [1.82, 2.24) is 0 Å². The highest BCUT2D eigenvalue weighted by molar-refractivity contribution is 7.92. The number of carbonyl (C=O) groups excluding carboxylic acids is 1. The molecule has 30 heavy (non-hydrogen) atoms. The Balaban J connectivity index is 1.96. The lowest BCUT2D eigenvalue weighted by atomic mass is 10.2. The minimum absolute atomic E-state index is 0.0809. The first kappa shape index (κ1) is 21.2. The zero-order valence-corrected chi connectivity index (χ0v) is 16.3. The number of sulfonamides is 1. The van der Waals surface area contributed by atoms with E-state index in [2.05, 4.69) is 5.32 Å². The van der Waals surface area contributed by atoms with Crippen LogP contribution in [0.15, 0.2) is 65.6 Å². The number of hydrogen-bond acceptors (Lipinski definition) is 4. The molecular formula is C20H15F3N2O4S. The third-order valence-corrected chi connectivity index (χ3v) is 5.39. The zero-order chi connectivity index (χ0) is 21.9. The van der Waals surface area contributed by atoms with Gasteiger partial charge < -0.3 is 10.1 Å². The molecule has 3 rings (SSSR count). The molecule has 3 aromatic carbocycles. The third-order valence-electron chi connectivity index (χ3n) is 4.05. The van der Waals surface area contributed by atoms with Crippen molar-refractivity contribution in [3.63, 3.8) is 0 Å². The molecule has 0 aliphatic heterocycles. The van der Waals surface area contributed by atoms with E-state index in [-0.39, 0.29) is 17.0 Å². The Kier molecular flexibility index (Phi) is 5.97. The van der Waals surface area contributed by atoms with E-state index in [1.807, 2.05) is 4.72 Å². The fourth-order valence-electron chi connectivity index (χ4n) is 2.58. The quantitative estimate of drug-likeness (QED) is 0.608. The average Bonchev–Trinajstić information content (AvgIpc) is 2.71. The van der Waals surface area contributed by atoms with E-state index in [9.17, 15) is 26.4 Å². The molecule has 0 aromatic heterocycles. The predicted octanol–water partition coefficient (Wildman–Crippen LogP) is 4.17. The van der Waals surface area contributed by atoms with Crippen molar-refractivity contribution >= 4 is 27.3 Å². The molecule has 0 saturated carbocycles. The molecule has 3 aromatic rings. The van der Waals surface area contributed by atoms with E-state index < -0.39 is 44.0 Å². The molecule has 0 unspecified atom stereocenters. The summed E-state index contributed by atoms with van der Waals surface area (Å²) >= 11 is 0. The van der Waals surface area contributed by atoms with Crippen molar-refractivity contribution in [3.8, 4) is 5.75 Å². The van der Waals surface area contributed by atoms with E-state index in [1.54, 1.807) is 0 Å². The van der Waals surface area contributed by atoms with Crippen LogP contribution >= 0.6 is 0 Å². The molecule has 2 N–H and O–H groups in total. The number of rotatable bonds is 6. The van der Waals surface area contributed by atoms with Crippen molar-refractivity contribution in [2.24, 2.45) is 0 Å². The predicted molar refractivity (Wildman–Crippen MR) is 105 cm³/mol. The number of carbonyl (C=O) groups is 1. The molecule has 0 fully saturated rings. The minimum atomic E-state index is -4.43. The maximum Gasteiger partial charge on any atom is 0.262 e. The summed E-state index contributed by atoms with van der Waals surface area (Å²) in [6.45, 7) is 0. The van der Waals surface area contributed by atoms with Crippen molar-refractivity contribution < 1.29 is 31.1 Å². The first-order valence-corrected chi connectivity index (χ1v) is 9.92.